The van der Waals surface area contributed by atoms with Gasteiger partial charge in [-0.15, -0.1) is 0 Å². The fraction of sp³-hybridized carbons (Fsp3) is 0.400. The van der Waals surface area contributed by atoms with Crippen LogP contribution in [0.25, 0.3) is 0 Å². The number of carboxylic acid groups (broad SMARTS) is 1. The first kappa shape index (κ1) is 10.7. The first-order valence-electron chi connectivity index (χ1n) is 4.44. The maximum atomic E-state index is 10.8. The Labute approximate surface area is 83.0 Å². The van der Waals surface area contributed by atoms with E-state index in [1.54, 1.807) is 19.4 Å². The van der Waals surface area contributed by atoms with Gasteiger partial charge in [0, 0.05) is 18.8 Å². The molecule has 2 N–H and O–H groups in total. The van der Waals surface area contributed by atoms with E-state index >= 15 is 0 Å². The van der Waals surface area contributed by atoms with Crippen molar-refractivity contribution in [2.45, 2.75) is 19.4 Å². The first-order chi connectivity index (χ1) is 6.65. The molecule has 0 aromatic carbocycles. The number of aliphatic carboxylic acids is 1. The molecule has 76 valence electrons. The third kappa shape index (κ3) is 2.53. The highest BCUT2D eigenvalue weighted by Gasteiger charge is 2.15. The van der Waals surface area contributed by atoms with E-state index in [0.29, 0.717) is 6.42 Å². The highest BCUT2D eigenvalue weighted by molar-refractivity contribution is 5.73. The molecular formula is C10H14N2O2. The minimum absolute atomic E-state index is 0.464. The summed E-state index contributed by atoms with van der Waals surface area (Å²) in [6, 6.07) is 1.34. The fourth-order valence-corrected chi connectivity index (χ4v) is 1.24. The molecule has 0 aliphatic heterocycles. The summed E-state index contributed by atoms with van der Waals surface area (Å²) >= 11 is 0. The Morgan fingerprint density at radius 3 is 2.93 bits per heavy atom. The van der Waals surface area contributed by atoms with Crippen molar-refractivity contribution >= 4 is 5.97 Å². The van der Waals surface area contributed by atoms with Gasteiger partial charge in [-0.3, -0.25) is 9.78 Å². The predicted octanol–water partition coefficient (Wildman–Crippen LogP) is 0.605. The molecule has 0 saturated carbocycles. The molecule has 1 unspecified atom stereocenters. The van der Waals surface area contributed by atoms with E-state index in [2.05, 4.69) is 10.3 Å². The molecule has 0 amide bonds. The molecule has 14 heavy (non-hydrogen) atoms. The number of rotatable bonds is 4. The second-order valence-corrected chi connectivity index (χ2v) is 3.19. The van der Waals surface area contributed by atoms with Crippen LogP contribution in [-0.2, 0) is 11.2 Å². The van der Waals surface area contributed by atoms with Crippen LogP contribution in [0.1, 0.15) is 11.1 Å². The van der Waals surface area contributed by atoms with E-state index < -0.39 is 12.0 Å². The Bertz CT molecular complexity index is 326. The number of aromatic nitrogens is 1. The smallest absolute Gasteiger partial charge is 0.321 e. The van der Waals surface area contributed by atoms with Gasteiger partial charge in [-0.2, -0.15) is 0 Å². The number of aryl methyl sites for hydroxylation is 1. The van der Waals surface area contributed by atoms with Gasteiger partial charge in [-0.05, 0) is 31.2 Å². The summed E-state index contributed by atoms with van der Waals surface area (Å²) in [6.07, 6.45) is 3.88. The van der Waals surface area contributed by atoms with Gasteiger partial charge in [0.05, 0.1) is 0 Å². The maximum Gasteiger partial charge on any atom is 0.321 e. The Morgan fingerprint density at radius 2 is 2.43 bits per heavy atom. The van der Waals surface area contributed by atoms with Crippen LogP contribution in [0.3, 0.4) is 0 Å². The third-order valence-electron chi connectivity index (χ3n) is 2.22. The van der Waals surface area contributed by atoms with Crippen LogP contribution < -0.4 is 5.32 Å². The van der Waals surface area contributed by atoms with Gasteiger partial charge < -0.3 is 10.4 Å². The van der Waals surface area contributed by atoms with E-state index in [1.165, 1.54) is 0 Å². The van der Waals surface area contributed by atoms with E-state index in [4.69, 9.17) is 5.11 Å². The van der Waals surface area contributed by atoms with Crippen molar-refractivity contribution in [2.24, 2.45) is 0 Å². The third-order valence-corrected chi connectivity index (χ3v) is 2.22. The van der Waals surface area contributed by atoms with Crippen molar-refractivity contribution < 1.29 is 9.90 Å². The van der Waals surface area contributed by atoms with Gasteiger partial charge in [0.2, 0.25) is 0 Å². The molecule has 0 radical (unpaired) electrons. The van der Waals surface area contributed by atoms with E-state index in [9.17, 15) is 4.79 Å². The molecule has 0 spiro atoms. The number of carboxylic acids is 1. The lowest BCUT2D eigenvalue weighted by molar-refractivity contribution is -0.139. The molecule has 4 heteroatoms. The summed E-state index contributed by atoms with van der Waals surface area (Å²) < 4.78 is 0. The van der Waals surface area contributed by atoms with Crippen LogP contribution in [0.2, 0.25) is 0 Å². The van der Waals surface area contributed by atoms with Gasteiger partial charge in [0.25, 0.3) is 0 Å². The van der Waals surface area contributed by atoms with Crippen LogP contribution in [0.5, 0.6) is 0 Å². The lowest BCUT2D eigenvalue weighted by atomic mass is 10.0. The largest absolute Gasteiger partial charge is 0.480 e. The number of carbonyl (C=O) groups is 1. The van der Waals surface area contributed by atoms with Crippen molar-refractivity contribution in [3.05, 3.63) is 29.6 Å². The summed E-state index contributed by atoms with van der Waals surface area (Å²) in [5, 5.41) is 11.6. The molecule has 1 aromatic rings. The second kappa shape index (κ2) is 4.72. The standard InChI is InChI=1S/C10H14N2O2/c1-7-3-4-12-6-8(7)5-9(11-2)10(13)14/h3-4,6,9,11H,5H2,1-2H3,(H,13,14). The summed E-state index contributed by atoms with van der Waals surface area (Å²) in [7, 11) is 1.64. The van der Waals surface area contributed by atoms with Crippen molar-refractivity contribution in [1.29, 1.82) is 0 Å². The number of hydrogen-bond acceptors (Lipinski definition) is 3. The Balaban J connectivity index is 2.77. The zero-order valence-electron chi connectivity index (χ0n) is 8.32. The highest BCUT2D eigenvalue weighted by atomic mass is 16.4. The van der Waals surface area contributed by atoms with Gasteiger partial charge in [0.15, 0.2) is 0 Å². The average molecular weight is 194 g/mol. The quantitative estimate of drug-likeness (QED) is 0.737. The summed E-state index contributed by atoms with van der Waals surface area (Å²) in [4.78, 5) is 14.7. The van der Waals surface area contributed by atoms with Gasteiger partial charge >= 0.3 is 5.97 Å². The van der Waals surface area contributed by atoms with Crippen LogP contribution in [0, 0.1) is 6.92 Å². The second-order valence-electron chi connectivity index (χ2n) is 3.19. The number of hydrogen-bond donors (Lipinski definition) is 2. The SMILES string of the molecule is CNC(Cc1cnccc1C)C(=O)O. The Hall–Kier alpha value is -1.42. The van der Waals surface area contributed by atoms with E-state index in [0.717, 1.165) is 11.1 Å². The summed E-state index contributed by atoms with van der Waals surface area (Å²) in [6.45, 7) is 1.95. The zero-order valence-corrected chi connectivity index (χ0v) is 8.32. The maximum absolute atomic E-state index is 10.8. The minimum atomic E-state index is -0.837. The molecule has 1 heterocycles. The fourth-order valence-electron chi connectivity index (χ4n) is 1.24. The summed E-state index contributed by atoms with van der Waals surface area (Å²) in [5.41, 5.74) is 2.04. The minimum Gasteiger partial charge on any atom is -0.480 e. The lowest BCUT2D eigenvalue weighted by Crippen LogP contribution is -2.35. The van der Waals surface area contributed by atoms with Crippen molar-refractivity contribution in [3.63, 3.8) is 0 Å². The molecule has 0 aliphatic carbocycles. The lowest BCUT2D eigenvalue weighted by Gasteiger charge is -2.12. The first-order valence-corrected chi connectivity index (χ1v) is 4.44. The van der Waals surface area contributed by atoms with Crippen molar-refractivity contribution in [3.8, 4) is 0 Å². The zero-order chi connectivity index (χ0) is 10.6. The monoisotopic (exact) mass is 194 g/mol. The molecule has 0 saturated heterocycles. The van der Waals surface area contributed by atoms with Crippen molar-refractivity contribution in [1.82, 2.24) is 10.3 Å². The molecule has 1 rings (SSSR count). The molecule has 0 fully saturated rings. The normalized spacial score (nSPS) is 12.4. The average Bonchev–Trinajstić information content (AvgIpc) is 2.16. The topological polar surface area (TPSA) is 62.2 Å². The Kier molecular flexibility index (Phi) is 3.59. The molecular weight excluding hydrogens is 180 g/mol. The van der Waals surface area contributed by atoms with Crippen LogP contribution in [-0.4, -0.2) is 29.1 Å². The number of likely N-dealkylation sites (N-methyl/N-ethyl adjacent to an activating group) is 1. The molecule has 4 nitrogen and oxygen atoms in total. The van der Waals surface area contributed by atoms with Gasteiger partial charge in [-0.1, -0.05) is 0 Å². The molecule has 0 bridgehead atoms. The number of nitrogens with zero attached hydrogens (tertiary/aromatic N) is 1. The van der Waals surface area contributed by atoms with E-state index in [1.807, 2.05) is 13.0 Å². The van der Waals surface area contributed by atoms with Crippen molar-refractivity contribution in [2.75, 3.05) is 7.05 Å². The van der Waals surface area contributed by atoms with E-state index in [-0.39, 0.29) is 0 Å². The predicted molar refractivity (Wildman–Crippen MR) is 53.2 cm³/mol. The van der Waals surface area contributed by atoms with Crippen LogP contribution in [0.15, 0.2) is 18.5 Å². The van der Waals surface area contributed by atoms with Gasteiger partial charge in [0.1, 0.15) is 6.04 Å². The summed E-state index contributed by atoms with van der Waals surface area (Å²) in [5.74, 6) is -0.837. The number of pyridine rings is 1. The molecule has 1 atom stereocenters. The van der Waals surface area contributed by atoms with Gasteiger partial charge in [-0.25, -0.2) is 0 Å². The van der Waals surface area contributed by atoms with Crippen LogP contribution >= 0.6 is 0 Å². The van der Waals surface area contributed by atoms with Crippen LogP contribution in [0.4, 0.5) is 0 Å². The molecule has 1 aromatic heterocycles. The Morgan fingerprint density at radius 1 is 1.71 bits per heavy atom. The highest BCUT2D eigenvalue weighted by Crippen LogP contribution is 2.07. The molecule has 0 aliphatic rings. The number of nitrogens with one attached hydrogen (secondary N) is 1.